The van der Waals surface area contributed by atoms with Crippen LogP contribution in [0.5, 0.6) is 0 Å². The predicted octanol–water partition coefficient (Wildman–Crippen LogP) is 3.44. The van der Waals surface area contributed by atoms with E-state index in [1.54, 1.807) is 12.1 Å². The molecule has 0 bridgehead atoms. The van der Waals surface area contributed by atoms with Gasteiger partial charge in [0.1, 0.15) is 11.4 Å². The third-order valence-corrected chi connectivity index (χ3v) is 4.86. The highest BCUT2D eigenvalue weighted by atomic mass is 79.9. The third kappa shape index (κ3) is 3.19. The molecule has 0 aliphatic heterocycles. The first-order valence-electron chi connectivity index (χ1n) is 7.68. The summed E-state index contributed by atoms with van der Waals surface area (Å²) < 4.78 is 5.65. The highest BCUT2D eigenvalue weighted by Crippen LogP contribution is 2.41. The van der Waals surface area contributed by atoms with Crippen molar-refractivity contribution in [2.24, 2.45) is 0 Å². The molecular weight excluding hydrogens is 372 g/mol. The lowest BCUT2D eigenvalue weighted by Gasteiger charge is -2.43. The lowest BCUT2D eigenvalue weighted by atomic mass is 9.71. The topological polar surface area (TPSA) is 68.3 Å². The van der Waals surface area contributed by atoms with Gasteiger partial charge in [-0.2, -0.15) is 0 Å². The van der Waals surface area contributed by atoms with Crippen molar-refractivity contribution in [3.8, 4) is 0 Å². The predicted molar refractivity (Wildman–Crippen MR) is 92.7 cm³/mol. The molecule has 1 N–H and O–H groups in total. The molecule has 2 aromatic rings. The van der Waals surface area contributed by atoms with Gasteiger partial charge in [0.05, 0.1) is 12.6 Å². The average Bonchev–Trinajstić information content (AvgIpc) is 2.58. The van der Waals surface area contributed by atoms with E-state index in [1.165, 1.54) is 13.2 Å². The monoisotopic (exact) mass is 388 g/mol. The first-order valence-corrected chi connectivity index (χ1v) is 8.47. The zero-order valence-corrected chi connectivity index (χ0v) is 14.8. The molecule has 6 heteroatoms. The summed E-state index contributed by atoms with van der Waals surface area (Å²) in [5.74, 6) is -0.848. The molecule has 0 atom stereocenters. The van der Waals surface area contributed by atoms with E-state index in [2.05, 4.69) is 31.0 Å². The van der Waals surface area contributed by atoms with Crippen molar-refractivity contribution in [1.82, 2.24) is 10.3 Å². The molecule has 1 heterocycles. The first-order chi connectivity index (χ1) is 11.5. The molecule has 24 heavy (non-hydrogen) atoms. The van der Waals surface area contributed by atoms with Gasteiger partial charge in [0.2, 0.25) is 0 Å². The Balaban J connectivity index is 1.83. The summed E-state index contributed by atoms with van der Waals surface area (Å²) in [4.78, 5) is 28.3. The number of benzene rings is 1. The minimum atomic E-state index is -0.559. The largest absolute Gasteiger partial charge is 0.464 e. The number of carbonyl (C=O) groups excluding carboxylic acids is 2. The summed E-state index contributed by atoms with van der Waals surface area (Å²) in [5, 5.41) is 3.10. The number of hydrogen-bond donors (Lipinski definition) is 1. The van der Waals surface area contributed by atoms with Gasteiger partial charge >= 0.3 is 5.97 Å². The number of hydrogen-bond acceptors (Lipinski definition) is 4. The second kappa shape index (κ2) is 6.73. The molecule has 1 aromatic heterocycles. The lowest BCUT2D eigenvalue weighted by Crippen LogP contribution is -2.51. The minimum absolute atomic E-state index is 0.122. The molecule has 1 saturated carbocycles. The van der Waals surface area contributed by atoms with Crippen molar-refractivity contribution in [3.63, 3.8) is 0 Å². The summed E-state index contributed by atoms with van der Waals surface area (Å²) >= 11 is 3.43. The lowest BCUT2D eigenvalue weighted by molar-refractivity contribution is 0.0594. The maximum absolute atomic E-state index is 12.6. The third-order valence-electron chi connectivity index (χ3n) is 4.33. The Labute approximate surface area is 148 Å². The second-order valence-corrected chi connectivity index (χ2v) is 6.71. The van der Waals surface area contributed by atoms with Gasteiger partial charge in [-0.05, 0) is 49.1 Å². The second-order valence-electron chi connectivity index (χ2n) is 5.80. The molecule has 5 nitrogen and oxygen atoms in total. The highest BCUT2D eigenvalue weighted by molar-refractivity contribution is 9.10. The Morgan fingerprint density at radius 3 is 2.38 bits per heavy atom. The molecule has 1 aliphatic rings. The quantitative estimate of drug-likeness (QED) is 0.814. The van der Waals surface area contributed by atoms with E-state index in [0.717, 1.165) is 29.3 Å². The van der Waals surface area contributed by atoms with Crippen LogP contribution < -0.4 is 5.32 Å². The van der Waals surface area contributed by atoms with Gasteiger partial charge < -0.3 is 10.1 Å². The Kier molecular flexibility index (Phi) is 4.66. The van der Waals surface area contributed by atoms with Crippen LogP contribution in [0.25, 0.3) is 0 Å². The summed E-state index contributed by atoms with van der Waals surface area (Å²) in [7, 11) is 1.29. The molecule has 1 fully saturated rings. The molecule has 1 amide bonds. The van der Waals surface area contributed by atoms with E-state index in [-0.39, 0.29) is 22.8 Å². The normalized spacial score (nSPS) is 15.2. The van der Waals surface area contributed by atoms with Crippen LogP contribution in [0.15, 0.2) is 46.9 Å². The number of amides is 1. The van der Waals surface area contributed by atoms with E-state index in [9.17, 15) is 9.59 Å². The van der Waals surface area contributed by atoms with Gasteiger partial charge in [-0.15, -0.1) is 0 Å². The van der Waals surface area contributed by atoms with Crippen molar-refractivity contribution in [2.45, 2.75) is 24.8 Å². The molecule has 0 saturated heterocycles. The Hall–Kier alpha value is -2.21. The number of carbonyl (C=O) groups is 2. The Bertz CT molecular complexity index is 770. The molecule has 0 radical (unpaired) electrons. The zero-order valence-electron chi connectivity index (χ0n) is 13.2. The minimum Gasteiger partial charge on any atom is -0.464 e. The summed E-state index contributed by atoms with van der Waals surface area (Å²) in [6, 6.07) is 12.7. The SMILES string of the molecule is COC(=O)c1cccc(C(=O)NC2(c3ccc(Br)cc3)CCC2)n1. The molecular formula is C18H17BrN2O3. The molecule has 0 spiro atoms. The number of aromatic nitrogens is 1. The Morgan fingerprint density at radius 1 is 1.12 bits per heavy atom. The van der Waals surface area contributed by atoms with Crippen molar-refractivity contribution in [3.05, 3.63) is 63.9 Å². The number of pyridine rings is 1. The molecule has 124 valence electrons. The van der Waals surface area contributed by atoms with E-state index in [4.69, 9.17) is 0 Å². The number of methoxy groups -OCH3 is 1. The van der Waals surface area contributed by atoms with E-state index in [1.807, 2.05) is 24.3 Å². The zero-order chi connectivity index (χ0) is 17.2. The summed E-state index contributed by atoms with van der Waals surface area (Å²) in [5.41, 5.74) is 1.05. The van der Waals surface area contributed by atoms with Crippen LogP contribution in [0, 0.1) is 0 Å². The average molecular weight is 389 g/mol. The highest BCUT2D eigenvalue weighted by Gasteiger charge is 2.40. The fourth-order valence-electron chi connectivity index (χ4n) is 2.85. The number of ether oxygens (including phenoxy) is 1. The summed E-state index contributed by atoms with van der Waals surface area (Å²) in [6.45, 7) is 0. The molecule has 1 aliphatic carbocycles. The fraction of sp³-hybridized carbons (Fsp3) is 0.278. The van der Waals surface area contributed by atoms with Crippen molar-refractivity contribution in [1.29, 1.82) is 0 Å². The van der Waals surface area contributed by atoms with Crippen LogP contribution >= 0.6 is 15.9 Å². The number of rotatable bonds is 4. The fourth-order valence-corrected chi connectivity index (χ4v) is 3.11. The van der Waals surface area contributed by atoms with E-state index >= 15 is 0 Å². The van der Waals surface area contributed by atoms with Crippen LogP contribution in [0.2, 0.25) is 0 Å². The van der Waals surface area contributed by atoms with Gasteiger partial charge in [-0.1, -0.05) is 34.1 Å². The maximum Gasteiger partial charge on any atom is 0.356 e. The van der Waals surface area contributed by atoms with Gasteiger partial charge in [0, 0.05) is 4.47 Å². The van der Waals surface area contributed by atoms with E-state index < -0.39 is 5.97 Å². The van der Waals surface area contributed by atoms with E-state index in [0.29, 0.717) is 0 Å². The van der Waals surface area contributed by atoms with Crippen LogP contribution in [-0.4, -0.2) is 24.0 Å². The molecule has 3 rings (SSSR count). The molecule has 0 unspecified atom stereocenters. The van der Waals surface area contributed by atoms with Gasteiger partial charge in [-0.3, -0.25) is 4.79 Å². The molecule has 1 aromatic carbocycles. The number of nitrogens with zero attached hydrogens (tertiary/aromatic N) is 1. The van der Waals surface area contributed by atoms with Gasteiger partial charge in [0.15, 0.2) is 0 Å². The maximum atomic E-state index is 12.6. The number of halogens is 1. The van der Waals surface area contributed by atoms with Crippen LogP contribution in [-0.2, 0) is 10.3 Å². The van der Waals surface area contributed by atoms with Crippen LogP contribution in [0.1, 0.15) is 45.8 Å². The van der Waals surface area contributed by atoms with Gasteiger partial charge in [0.25, 0.3) is 5.91 Å². The summed E-state index contributed by atoms with van der Waals surface area (Å²) in [6.07, 6.45) is 2.83. The number of nitrogens with one attached hydrogen (secondary N) is 1. The standard InChI is InChI=1S/C18H17BrN2O3/c1-24-17(23)15-5-2-4-14(20-15)16(22)21-18(10-3-11-18)12-6-8-13(19)9-7-12/h2,4-9H,3,10-11H2,1H3,(H,21,22). The number of esters is 1. The van der Waals surface area contributed by atoms with Crippen LogP contribution in [0.3, 0.4) is 0 Å². The smallest absolute Gasteiger partial charge is 0.356 e. The van der Waals surface area contributed by atoms with Gasteiger partial charge in [-0.25, -0.2) is 9.78 Å². The Morgan fingerprint density at radius 2 is 1.79 bits per heavy atom. The first kappa shape index (κ1) is 16.6. The van der Waals surface area contributed by atoms with Crippen molar-refractivity contribution >= 4 is 27.8 Å². The van der Waals surface area contributed by atoms with Crippen molar-refractivity contribution in [2.75, 3.05) is 7.11 Å². The van der Waals surface area contributed by atoms with Crippen LogP contribution in [0.4, 0.5) is 0 Å². The van der Waals surface area contributed by atoms with Crippen molar-refractivity contribution < 1.29 is 14.3 Å².